The molecule has 1 aliphatic rings. The van der Waals surface area contributed by atoms with Crippen LogP contribution in [0.3, 0.4) is 0 Å². The van der Waals surface area contributed by atoms with Gasteiger partial charge in [-0.3, -0.25) is 10.00 Å². The smallest absolute Gasteiger partial charge is 0.417 e. The van der Waals surface area contributed by atoms with Crippen LogP contribution in [0.1, 0.15) is 35.6 Å². The lowest BCUT2D eigenvalue weighted by molar-refractivity contribution is -0.136. The number of aromatic amines is 1. The highest BCUT2D eigenvalue weighted by Gasteiger charge is 2.36. The van der Waals surface area contributed by atoms with E-state index in [-0.39, 0.29) is 22.8 Å². The summed E-state index contributed by atoms with van der Waals surface area (Å²) < 4.78 is 51.8. The quantitative estimate of drug-likeness (QED) is 0.631. The zero-order chi connectivity index (χ0) is 22.2. The topological polar surface area (TPSA) is 89.3 Å². The third-order valence-electron chi connectivity index (χ3n) is 5.79. The Balaban J connectivity index is 1.53. The fraction of sp³-hybridized carbons (Fsp3) is 0.429. The minimum Gasteiger partial charge on any atom is -0.496 e. The Labute approximate surface area is 177 Å². The second-order valence-electron chi connectivity index (χ2n) is 7.62. The van der Waals surface area contributed by atoms with Crippen LogP contribution in [0.4, 0.5) is 19.0 Å². The number of pyridine rings is 1. The van der Waals surface area contributed by atoms with Gasteiger partial charge in [0.15, 0.2) is 5.65 Å². The molecule has 0 amide bonds. The normalized spacial score (nSPS) is 16.0. The van der Waals surface area contributed by atoms with Crippen LogP contribution in [0.25, 0.3) is 11.0 Å². The summed E-state index contributed by atoms with van der Waals surface area (Å²) in [5.41, 5.74) is 6.23. The first-order valence-electron chi connectivity index (χ1n) is 9.95. The molecule has 4 rings (SSSR count). The van der Waals surface area contributed by atoms with Gasteiger partial charge in [0, 0.05) is 18.2 Å². The number of aromatic nitrogens is 3. The van der Waals surface area contributed by atoms with Crippen molar-refractivity contribution in [3.8, 4) is 11.5 Å². The number of nitrogen functional groups attached to an aromatic ring is 1. The van der Waals surface area contributed by atoms with Gasteiger partial charge in [-0.2, -0.15) is 18.3 Å². The van der Waals surface area contributed by atoms with Crippen LogP contribution in [0.15, 0.2) is 24.3 Å². The Hall–Kier alpha value is -3.01. The van der Waals surface area contributed by atoms with Crippen LogP contribution < -0.4 is 15.2 Å². The van der Waals surface area contributed by atoms with Crippen LogP contribution in [0, 0.1) is 0 Å². The predicted molar refractivity (Wildman–Crippen MR) is 110 cm³/mol. The highest BCUT2D eigenvalue weighted by atomic mass is 19.4. The monoisotopic (exact) mass is 435 g/mol. The number of benzene rings is 1. The molecule has 7 nitrogen and oxygen atoms in total. The molecule has 3 N–H and O–H groups in total. The van der Waals surface area contributed by atoms with Crippen molar-refractivity contribution < 1.29 is 22.6 Å². The van der Waals surface area contributed by atoms with Gasteiger partial charge in [0.25, 0.3) is 0 Å². The summed E-state index contributed by atoms with van der Waals surface area (Å²) in [7, 11) is 3.23. The van der Waals surface area contributed by atoms with Gasteiger partial charge in [-0.1, -0.05) is 6.07 Å². The molecule has 1 aliphatic heterocycles. The maximum Gasteiger partial charge on any atom is 0.417 e. The molecule has 0 radical (unpaired) electrons. The number of hydrogen-bond donors (Lipinski definition) is 2. The average molecular weight is 435 g/mol. The molecule has 0 unspecified atom stereocenters. The second kappa shape index (κ2) is 8.26. The summed E-state index contributed by atoms with van der Waals surface area (Å²) in [4.78, 5) is 6.62. The van der Waals surface area contributed by atoms with E-state index >= 15 is 0 Å². The lowest BCUT2D eigenvalue weighted by atomic mass is 9.91. The standard InChI is InChI=1S/C21H24F3N5O2/c1-30-16-4-3-5-17(31-2)13(16)11-29-8-6-12(7-9-29)15-10-14(21(22,23)24)18-19(25)27-28-20(18)26-15/h3-5,10,12H,6-9,11H2,1-2H3,(H3,25,26,27,28). The van der Waals surface area contributed by atoms with Gasteiger partial charge in [-0.05, 0) is 44.1 Å². The van der Waals surface area contributed by atoms with Gasteiger partial charge in [0.2, 0.25) is 0 Å². The first-order chi connectivity index (χ1) is 14.8. The van der Waals surface area contributed by atoms with E-state index in [4.69, 9.17) is 15.2 Å². The van der Waals surface area contributed by atoms with Crippen molar-refractivity contribution in [3.63, 3.8) is 0 Å². The maximum absolute atomic E-state index is 13.6. The number of alkyl halides is 3. The minimum atomic E-state index is -4.53. The van der Waals surface area contributed by atoms with E-state index in [0.717, 1.165) is 36.2 Å². The van der Waals surface area contributed by atoms with E-state index in [2.05, 4.69) is 20.1 Å². The Morgan fingerprint density at radius 1 is 1.16 bits per heavy atom. The number of nitrogens with one attached hydrogen (secondary N) is 1. The van der Waals surface area contributed by atoms with E-state index in [9.17, 15) is 13.2 Å². The molecule has 0 bridgehead atoms. The van der Waals surface area contributed by atoms with Crippen LogP contribution in [0.5, 0.6) is 11.5 Å². The molecule has 10 heteroatoms. The first kappa shape index (κ1) is 21.2. The van der Waals surface area contributed by atoms with Crippen molar-refractivity contribution in [2.24, 2.45) is 0 Å². The average Bonchev–Trinajstić information content (AvgIpc) is 3.13. The number of likely N-dealkylation sites (tertiary alicyclic amines) is 1. The number of hydrogen-bond acceptors (Lipinski definition) is 6. The fourth-order valence-corrected chi connectivity index (χ4v) is 4.19. The lowest BCUT2D eigenvalue weighted by Gasteiger charge is -2.32. The summed E-state index contributed by atoms with van der Waals surface area (Å²) in [6, 6.07) is 6.77. The Morgan fingerprint density at radius 2 is 1.81 bits per heavy atom. The molecule has 3 aromatic rings. The number of nitrogens with two attached hydrogens (primary N) is 1. The number of H-pyrrole nitrogens is 1. The summed E-state index contributed by atoms with van der Waals surface area (Å²) in [5.74, 6) is 1.29. The molecule has 2 aromatic heterocycles. The third kappa shape index (κ3) is 4.12. The molecule has 1 saturated heterocycles. The molecule has 31 heavy (non-hydrogen) atoms. The molecule has 3 heterocycles. The number of fused-ring (bicyclic) bond motifs is 1. The molecule has 0 aliphatic carbocycles. The molecule has 0 spiro atoms. The van der Waals surface area contributed by atoms with Crippen LogP contribution in [0.2, 0.25) is 0 Å². The Bertz CT molecular complexity index is 1050. The van der Waals surface area contributed by atoms with Gasteiger partial charge in [-0.25, -0.2) is 4.98 Å². The van der Waals surface area contributed by atoms with Crippen molar-refractivity contribution in [1.29, 1.82) is 0 Å². The van der Waals surface area contributed by atoms with Crippen molar-refractivity contribution >= 4 is 16.9 Å². The summed E-state index contributed by atoms with van der Waals surface area (Å²) in [5, 5.41) is 6.10. The zero-order valence-electron chi connectivity index (χ0n) is 17.3. The number of rotatable bonds is 5. The van der Waals surface area contributed by atoms with E-state index in [1.165, 1.54) is 0 Å². The van der Waals surface area contributed by atoms with Gasteiger partial charge in [0.05, 0.1) is 30.7 Å². The number of anilines is 1. The van der Waals surface area contributed by atoms with Crippen molar-refractivity contribution in [3.05, 3.63) is 41.1 Å². The van der Waals surface area contributed by atoms with Gasteiger partial charge in [-0.15, -0.1) is 0 Å². The van der Waals surface area contributed by atoms with Gasteiger partial charge < -0.3 is 15.2 Å². The maximum atomic E-state index is 13.6. The van der Waals surface area contributed by atoms with E-state index in [0.29, 0.717) is 25.1 Å². The first-order valence-corrected chi connectivity index (χ1v) is 9.95. The van der Waals surface area contributed by atoms with Crippen molar-refractivity contribution in [2.75, 3.05) is 33.0 Å². The van der Waals surface area contributed by atoms with Gasteiger partial charge in [0.1, 0.15) is 17.3 Å². The van der Waals surface area contributed by atoms with Crippen LogP contribution >= 0.6 is 0 Å². The van der Waals surface area contributed by atoms with Gasteiger partial charge >= 0.3 is 6.18 Å². The van der Waals surface area contributed by atoms with E-state index in [1.807, 2.05) is 18.2 Å². The highest BCUT2D eigenvalue weighted by molar-refractivity contribution is 5.89. The molecule has 166 valence electrons. The highest BCUT2D eigenvalue weighted by Crippen LogP contribution is 2.39. The molecular weight excluding hydrogens is 411 g/mol. The zero-order valence-corrected chi connectivity index (χ0v) is 17.3. The second-order valence-corrected chi connectivity index (χ2v) is 7.62. The lowest BCUT2D eigenvalue weighted by Crippen LogP contribution is -2.33. The van der Waals surface area contributed by atoms with Crippen LogP contribution in [-0.2, 0) is 12.7 Å². The number of nitrogens with zero attached hydrogens (tertiary/aromatic N) is 3. The van der Waals surface area contributed by atoms with E-state index in [1.54, 1.807) is 14.2 Å². The molecule has 0 atom stereocenters. The SMILES string of the molecule is COc1cccc(OC)c1CN1CCC(c2cc(C(F)(F)F)c3c(N)[nH]nc3n2)CC1. The Morgan fingerprint density at radius 3 is 2.39 bits per heavy atom. The molecule has 0 saturated carbocycles. The number of halogens is 3. The minimum absolute atomic E-state index is 0.00325. The molecular formula is C21H24F3N5O2. The van der Waals surface area contributed by atoms with Crippen LogP contribution in [-0.4, -0.2) is 47.4 Å². The number of ether oxygens (including phenoxy) is 2. The predicted octanol–water partition coefficient (Wildman–Crippen LogP) is 3.96. The third-order valence-corrected chi connectivity index (χ3v) is 5.79. The van der Waals surface area contributed by atoms with E-state index < -0.39 is 11.7 Å². The molecule has 1 aromatic carbocycles. The summed E-state index contributed by atoms with van der Waals surface area (Å²) in [6.45, 7) is 2.07. The number of methoxy groups -OCH3 is 2. The van der Waals surface area contributed by atoms with Crippen molar-refractivity contribution in [2.45, 2.75) is 31.5 Å². The summed E-state index contributed by atoms with van der Waals surface area (Å²) >= 11 is 0. The number of piperidine rings is 1. The Kier molecular flexibility index (Phi) is 5.65. The summed E-state index contributed by atoms with van der Waals surface area (Å²) in [6.07, 6.45) is -3.16. The molecule has 1 fully saturated rings. The largest absolute Gasteiger partial charge is 0.496 e. The van der Waals surface area contributed by atoms with Crippen molar-refractivity contribution in [1.82, 2.24) is 20.1 Å². The fourth-order valence-electron chi connectivity index (χ4n) is 4.19.